The van der Waals surface area contributed by atoms with Crippen molar-refractivity contribution in [2.24, 2.45) is 0 Å². The normalized spacial score (nSPS) is 12.8. The average Bonchev–Trinajstić information content (AvgIpc) is 2.70. The Morgan fingerprint density at radius 3 is 2.03 bits per heavy atom. The smallest absolute Gasteiger partial charge is 0.444 e. The Bertz CT molecular complexity index is 664. The zero-order valence-electron chi connectivity index (χ0n) is 20.4. The quantitative estimate of drug-likeness (QED) is 0.319. The van der Waals surface area contributed by atoms with Crippen LogP contribution in [0.3, 0.4) is 0 Å². The zero-order chi connectivity index (χ0) is 24.0. The Balaban J connectivity index is 2.72. The molecule has 0 bridgehead atoms. The number of hydrogen-bond acceptors (Lipinski definition) is 6. The van der Waals surface area contributed by atoms with E-state index in [1.54, 1.807) is 20.8 Å². The second-order valence-corrected chi connectivity index (χ2v) is 11.0. The Kier molecular flexibility index (Phi) is 12.5. The molecule has 0 aromatic heterocycles. The zero-order valence-corrected chi connectivity index (χ0v) is 21.4. The van der Waals surface area contributed by atoms with E-state index in [2.05, 4.69) is 10.6 Å². The van der Waals surface area contributed by atoms with Gasteiger partial charge in [0.15, 0.2) is 0 Å². The van der Waals surface area contributed by atoms with Gasteiger partial charge in [-0.05, 0) is 53.5 Å². The predicted octanol–water partition coefficient (Wildman–Crippen LogP) is 3.68. The molecule has 0 aliphatic heterocycles. The van der Waals surface area contributed by atoms with E-state index in [0.29, 0.717) is 45.3 Å². The molecular weight excluding hydrogens is 428 g/mol. The van der Waals surface area contributed by atoms with E-state index < -0.39 is 26.5 Å². The molecule has 0 unspecified atom stereocenters. The summed E-state index contributed by atoms with van der Waals surface area (Å²) in [5.41, 5.74) is 0.295. The molecule has 8 nitrogen and oxygen atoms in total. The van der Waals surface area contributed by atoms with E-state index in [4.69, 9.17) is 18.0 Å². The maximum absolute atomic E-state index is 12.9. The number of hydrogen-bond donors (Lipinski definition) is 2. The summed E-state index contributed by atoms with van der Waals surface area (Å²) in [6.07, 6.45) is 0.383. The van der Waals surface area contributed by atoms with Crippen molar-refractivity contribution in [3.05, 3.63) is 35.9 Å². The highest BCUT2D eigenvalue weighted by atomic mass is 28.4. The van der Waals surface area contributed by atoms with Crippen molar-refractivity contribution in [2.75, 3.05) is 26.4 Å². The van der Waals surface area contributed by atoms with Crippen molar-refractivity contribution < 1.29 is 27.6 Å². The lowest BCUT2D eigenvalue weighted by molar-refractivity contribution is -0.123. The number of benzene rings is 1. The minimum Gasteiger partial charge on any atom is -0.444 e. The first-order valence-electron chi connectivity index (χ1n) is 11.4. The number of ether oxygens (including phenoxy) is 1. The van der Waals surface area contributed by atoms with Crippen LogP contribution in [-0.2, 0) is 29.2 Å². The summed E-state index contributed by atoms with van der Waals surface area (Å²) in [5.74, 6) is -0.267. The van der Waals surface area contributed by atoms with Crippen molar-refractivity contribution in [1.29, 1.82) is 0 Å². The van der Waals surface area contributed by atoms with Crippen LogP contribution in [0.1, 0.15) is 53.5 Å². The van der Waals surface area contributed by atoms with E-state index in [1.807, 2.05) is 51.1 Å². The predicted molar refractivity (Wildman–Crippen MR) is 126 cm³/mol. The Labute approximate surface area is 193 Å². The van der Waals surface area contributed by atoms with Crippen LogP contribution in [-0.4, -0.2) is 58.8 Å². The summed E-state index contributed by atoms with van der Waals surface area (Å²) in [6, 6.07) is 9.40. The average molecular weight is 469 g/mol. The molecule has 1 atom stereocenters. The maximum atomic E-state index is 12.9. The molecule has 1 rings (SSSR count). The molecule has 9 heteroatoms. The molecule has 2 amide bonds. The van der Waals surface area contributed by atoms with Gasteiger partial charge in [0.25, 0.3) is 0 Å². The van der Waals surface area contributed by atoms with Crippen LogP contribution in [0.25, 0.3) is 0 Å². The fourth-order valence-electron chi connectivity index (χ4n) is 3.15. The van der Waals surface area contributed by atoms with E-state index in [-0.39, 0.29) is 5.91 Å². The number of amides is 2. The molecule has 2 N–H and O–H groups in total. The van der Waals surface area contributed by atoms with Crippen LogP contribution in [0.2, 0.25) is 6.04 Å². The standard InChI is InChI=1S/C23H40N2O6Si/c1-7-28-32(29-8-2,30-9-3)17-13-16-24-21(26)20(18-19-14-11-10-12-15-19)25-22(27)31-23(4,5)6/h10-12,14-15,20H,7-9,13,16-18H2,1-6H3,(H,24,26)(H,25,27)/t20-/m0/s1. The summed E-state index contributed by atoms with van der Waals surface area (Å²) in [6.45, 7) is 13.0. The molecule has 0 fully saturated rings. The van der Waals surface area contributed by atoms with E-state index in [9.17, 15) is 9.59 Å². The second-order valence-electron chi connectivity index (χ2n) is 8.27. The van der Waals surface area contributed by atoms with Crippen molar-refractivity contribution in [3.8, 4) is 0 Å². The van der Waals surface area contributed by atoms with E-state index >= 15 is 0 Å². The summed E-state index contributed by atoms with van der Waals surface area (Å²) >= 11 is 0. The van der Waals surface area contributed by atoms with Crippen LogP contribution >= 0.6 is 0 Å². The summed E-state index contributed by atoms with van der Waals surface area (Å²) in [5, 5.41) is 5.62. The van der Waals surface area contributed by atoms with E-state index in [1.165, 1.54) is 0 Å². The third-order valence-electron chi connectivity index (χ3n) is 4.34. The van der Waals surface area contributed by atoms with Crippen LogP contribution in [0.15, 0.2) is 30.3 Å². The van der Waals surface area contributed by atoms with Gasteiger partial charge in [0, 0.05) is 38.8 Å². The minimum atomic E-state index is -2.75. The summed E-state index contributed by atoms with van der Waals surface area (Å²) < 4.78 is 22.9. The van der Waals surface area contributed by atoms with Crippen molar-refractivity contribution >= 4 is 20.8 Å². The third kappa shape index (κ3) is 11.1. The lowest BCUT2D eigenvalue weighted by Crippen LogP contribution is -2.50. The molecule has 1 aromatic rings. The van der Waals surface area contributed by atoms with Crippen molar-refractivity contribution in [1.82, 2.24) is 10.6 Å². The van der Waals surface area contributed by atoms with Gasteiger partial charge in [0.2, 0.25) is 5.91 Å². The fourth-order valence-corrected chi connectivity index (χ4v) is 5.76. The summed E-state index contributed by atoms with van der Waals surface area (Å²) in [7, 11) is -2.75. The van der Waals surface area contributed by atoms with E-state index in [0.717, 1.165) is 5.56 Å². The Morgan fingerprint density at radius 2 is 1.53 bits per heavy atom. The largest absolute Gasteiger partial charge is 0.500 e. The highest BCUT2D eigenvalue weighted by Gasteiger charge is 2.39. The second kappa shape index (κ2) is 14.3. The van der Waals surface area contributed by atoms with Gasteiger partial charge < -0.3 is 28.6 Å². The monoisotopic (exact) mass is 468 g/mol. The molecule has 0 saturated heterocycles. The number of carbonyl (C=O) groups is 2. The molecule has 0 radical (unpaired) electrons. The lowest BCUT2D eigenvalue weighted by atomic mass is 10.1. The number of nitrogens with one attached hydrogen (secondary N) is 2. The number of alkyl carbamates (subject to hydrolysis) is 1. The molecule has 0 aliphatic rings. The van der Waals surface area contributed by atoms with Crippen molar-refractivity contribution in [2.45, 2.75) is 72.1 Å². The van der Waals surface area contributed by atoms with Gasteiger partial charge in [-0.1, -0.05) is 30.3 Å². The van der Waals surface area contributed by atoms with Gasteiger partial charge in [-0.2, -0.15) is 0 Å². The maximum Gasteiger partial charge on any atom is 0.500 e. The first kappa shape index (κ1) is 28.1. The van der Waals surface area contributed by atoms with Gasteiger partial charge in [0.1, 0.15) is 11.6 Å². The molecule has 0 saturated carbocycles. The van der Waals surface area contributed by atoms with Crippen LogP contribution in [0, 0.1) is 0 Å². The molecule has 1 aromatic carbocycles. The first-order valence-corrected chi connectivity index (χ1v) is 13.3. The summed E-state index contributed by atoms with van der Waals surface area (Å²) in [4.78, 5) is 25.2. The molecule has 0 heterocycles. The van der Waals surface area contributed by atoms with Gasteiger partial charge in [-0.25, -0.2) is 4.79 Å². The topological polar surface area (TPSA) is 95.1 Å². The SMILES string of the molecule is CCO[Si](CCCNC(=O)[C@H](Cc1ccccc1)NC(=O)OC(C)(C)C)(OCC)OCC. The van der Waals surface area contributed by atoms with Crippen LogP contribution in [0.5, 0.6) is 0 Å². The minimum absolute atomic E-state index is 0.267. The lowest BCUT2D eigenvalue weighted by Gasteiger charge is -2.28. The molecular formula is C23H40N2O6Si. The Hall–Kier alpha value is -1.94. The van der Waals surface area contributed by atoms with Crippen molar-refractivity contribution in [3.63, 3.8) is 0 Å². The fraction of sp³-hybridized carbons (Fsp3) is 0.652. The first-order chi connectivity index (χ1) is 15.1. The molecule has 0 aliphatic carbocycles. The number of carbonyl (C=O) groups excluding carboxylic acids is 2. The van der Waals surface area contributed by atoms with Gasteiger partial charge in [0.05, 0.1) is 0 Å². The van der Waals surface area contributed by atoms with Gasteiger partial charge in [-0.3, -0.25) is 4.79 Å². The molecule has 0 spiro atoms. The van der Waals surface area contributed by atoms with Crippen LogP contribution in [0.4, 0.5) is 4.79 Å². The third-order valence-corrected chi connectivity index (χ3v) is 7.49. The highest BCUT2D eigenvalue weighted by Crippen LogP contribution is 2.18. The van der Waals surface area contributed by atoms with Crippen LogP contribution < -0.4 is 10.6 Å². The number of rotatable bonds is 14. The van der Waals surface area contributed by atoms with Gasteiger partial charge >= 0.3 is 14.9 Å². The molecule has 32 heavy (non-hydrogen) atoms. The molecule has 182 valence electrons. The Morgan fingerprint density at radius 1 is 0.969 bits per heavy atom. The highest BCUT2D eigenvalue weighted by molar-refractivity contribution is 6.60. The van der Waals surface area contributed by atoms with Gasteiger partial charge in [-0.15, -0.1) is 0 Å².